The molecule has 0 atom stereocenters. The van der Waals surface area contributed by atoms with E-state index in [9.17, 15) is 13.2 Å². The van der Waals surface area contributed by atoms with Gasteiger partial charge in [0.25, 0.3) is 0 Å². The Morgan fingerprint density at radius 1 is 1.04 bits per heavy atom. The molecule has 0 heterocycles. The third-order valence-electron chi connectivity index (χ3n) is 3.29. The maximum absolute atomic E-state index is 11.8. The molecule has 25 heavy (non-hydrogen) atoms. The Balaban J connectivity index is 1.76. The van der Waals surface area contributed by atoms with Crippen molar-refractivity contribution in [2.45, 2.75) is 11.3 Å². The highest BCUT2D eigenvalue weighted by Crippen LogP contribution is 2.18. The number of para-hydroxylation sites is 1. The van der Waals surface area contributed by atoms with Gasteiger partial charge in [-0.25, -0.2) is 13.6 Å². The highest BCUT2D eigenvalue weighted by Gasteiger charge is 2.10. The number of primary sulfonamides is 1. The van der Waals surface area contributed by atoms with Crippen molar-refractivity contribution >= 4 is 16.0 Å². The summed E-state index contributed by atoms with van der Waals surface area (Å²) in [5.41, 5.74) is 0.745. The van der Waals surface area contributed by atoms with Crippen LogP contribution in [0.4, 0.5) is 0 Å². The van der Waals surface area contributed by atoms with Crippen molar-refractivity contribution in [2.75, 3.05) is 20.3 Å². The van der Waals surface area contributed by atoms with Crippen LogP contribution in [-0.4, -0.2) is 34.7 Å². The molecule has 2 aromatic rings. The lowest BCUT2D eigenvalue weighted by molar-refractivity contribution is -0.143. The fourth-order valence-electron chi connectivity index (χ4n) is 2.10. The summed E-state index contributed by atoms with van der Waals surface area (Å²) in [6.07, 6.45) is 0.104. The van der Waals surface area contributed by atoms with E-state index in [1.54, 1.807) is 19.2 Å². The summed E-state index contributed by atoms with van der Waals surface area (Å²) in [6, 6.07) is 12.9. The molecule has 0 bridgehead atoms. The van der Waals surface area contributed by atoms with Crippen molar-refractivity contribution in [3.05, 3.63) is 54.1 Å². The number of benzene rings is 2. The standard InChI is InChI=1S/C17H19NO6S/c1-22-16-5-3-2-4-13(16)12-17(19)24-11-10-23-14-6-8-15(9-7-14)25(18,20)21/h2-9H,10-12H2,1H3,(H2,18,20,21). The lowest BCUT2D eigenvalue weighted by Gasteiger charge is -2.09. The first-order valence-corrected chi connectivity index (χ1v) is 8.98. The molecule has 2 rings (SSSR count). The SMILES string of the molecule is COc1ccccc1CC(=O)OCCOc1ccc(S(N)(=O)=O)cc1. The predicted octanol–water partition coefficient (Wildman–Crippen LogP) is 1.51. The van der Waals surface area contributed by atoms with E-state index in [1.165, 1.54) is 24.3 Å². The largest absolute Gasteiger partial charge is 0.496 e. The Labute approximate surface area is 146 Å². The second-order valence-electron chi connectivity index (χ2n) is 5.07. The summed E-state index contributed by atoms with van der Waals surface area (Å²) in [5.74, 6) is 0.691. The Morgan fingerprint density at radius 3 is 2.36 bits per heavy atom. The van der Waals surface area contributed by atoms with Gasteiger partial charge in [-0.05, 0) is 30.3 Å². The zero-order valence-corrected chi connectivity index (χ0v) is 14.5. The molecule has 8 heteroatoms. The van der Waals surface area contributed by atoms with Crippen molar-refractivity contribution in [3.8, 4) is 11.5 Å². The van der Waals surface area contributed by atoms with Crippen LogP contribution in [0.2, 0.25) is 0 Å². The number of nitrogens with two attached hydrogens (primary N) is 1. The molecule has 0 aliphatic carbocycles. The fraction of sp³-hybridized carbons (Fsp3) is 0.235. The molecule has 0 fully saturated rings. The van der Waals surface area contributed by atoms with Crippen molar-refractivity contribution in [1.29, 1.82) is 0 Å². The van der Waals surface area contributed by atoms with Crippen LogP contribution >= 0.6 is 0 Å². The Hall–Kier alpha value is -2.58. The number of carbonyl (C=O) groups is 1. The van der Waals surface area contributed by atoms with Crippen LogP contribution in [0.25, 0.3) is 0 Å². The minimum Gasteiger partial charge on any atom is -0.496 e. The van der Waals surface area contributed by atoms with E-state index in [4.69, 9.17) is 19.3 Å². The first kappa shape index (κ1) is 18.8. The lowest BCUT2D eigenvalue weighted by atomic mass is 10.1. The van der Waals surface area contributed by atoms with Gasteiger partial charge in [-0.1, -0.05) is 18.2 Å². The first-order valence-electron chi connectivity index (χ1n) is 7.43. The number of esters is 1. The molecule has 0 amide bonds. The molecule has 0 unspecified atom stereocenters. The monoisotopic (exact) mass is 365 g/mol. The molecular formula is C17H19NO6S. The number of rotatable bonds is 8. The zero-order valence-electron chi connectivity index (χ0n) is 13.7. The van der Waals surface area contributed by atoms with Crippen molar-refractivity contribution < 1.29 is 27.4 Å². The number of carbonyl (C=O) groups excluding carboxylic acids is 1. The normalized spacial score (nSPS) is 11.0. The lowest BCUT2D eigenvalue weighted by Crippen LogP contribution is -2.14. The number of hydrogen-bond acceptors (Lipinski definition) is 6. The fourth-order valence-corrected chi connectivity index (χ4v) is 2.61. The highest BCUT2D eigenvalue weighted by atomic mass is 32.2. The quantitative estimate of drug-likeness (QED) is 0.561. The Bertz CT molecular complexity index is 817. The third-order valence-corrected chi connectivity index (χ3v) is 4.22. The van der Waals surface area contributed by atoms with Crippen LogP contribution in [-0.2, 0) is 26.0 Å². The first-order chi connectivity index (χ1) is 11.9. The molecular weight excluding hydrogens is 346 g/mol. The molecule has 0 radical (unpaired) electrons. The summed E-state index contributed by atoms with van der Waals surface area (Å²) in [7, 11) is -2.19. The van der Waals surface area contributed by atoms with E-state index in [0.717, 1.165) is 5.56 Å². The van der Waals surface area contributed by atoms with Gasteiger partial charge in [0, 0.05) is 5.56 Å². The van der Waals surface area contributed by atoms with Crippen molar-refractivity contribution in [2.24, 2.45) is 5.14 Å². The molecule has 0 saturated heterocycles. The van der Waals surface area contributed by atoms with Gasteiger partial charge in [-0.15, -0.1) is 0 Å². The maximum atomic E-state index is 11.8. The summed E-state index contributed by atoms with van der Waals surface area (Å²) >= 11 is 0. The molecule has 0 spiro atoms. The summed E-state index contributed by atoms with van der Waals surface area (Å²) in [6.45, 7) is 0.220. The zero-order chi connectivity index (χ0) is 18.3. The van der Waals surface area contributed by atoms with Crippen LogP contribution in [0, 0.1) is 0 Å². The number of sulfonamides is 1. The second-order valence-corrected chi connectivity index (χ2v) is 6.64. The minimum atomic E-state index is -3.73. The summed E-state index contributed by atoms with van der Waals surface area (Å²) < 4.78 is 38.0. The van der Waals surface area contributed by atoms with Crippen molar-refractivity contribution in [3.63, 3.8) is 0 Å². The molecule has 0 saturated carbocycles. The van der Waals surface area contributed by atoms with Gasteiger partial charge in [-0.2, -0.15) is 0 Å². The van der Waals surface area contributed by atoms with Gasteiger partial charge in [0.15, 0.2) is 0 Å². The van der Waals surface area contributed by atoms with Gasteiger partial charge >= 0.3 is 5.97 Å². The van der Waals surface area contributed by atoms with Gasteiger partial charge in [0.1, 0.15) is 24.7 Å². The average molecular weight is 365 g/mol. The van der Waals surface area contributed by atoms with E-state index < -0.39 is 16.0 Å². The molecule has 0 aromatic heterocycles. The van der Waals surface area contributed by atoms with E-state index in [-0.39, 0.29) is 24.5 Å². The van der Waals surface area contributed by atoms with Crippen LogP contribution in [0.1, 0.15) is 5.56 Å². The number of hydrogen-bond donors (Lipinski definition) is 1. The third kappa shape index (κ3) is 5.77. The molecule has 0 aliphatic rings. The molecule has 2 aromatic carbocycles. The van der Waals surface area contributed by atoms with Gasteiger partial charge in [0.2, 0.25) is 10.0 Å². The van der Waals surface area contributed by atoms with E-state index in [1.807, 2.05) is 12.1 Å². The predicted molar refractivity (Wildman–Crippen MR) is 91.0 cm³/mol. The van der Waals surface area contributed by atoms with E-state index >= 15 is 0 Å². The van der Waals surface area contributed by atoms with Crippen LogP contribution < -0.4 is 14.6 Å². The maximum Gasteiger partial charge on any atom is 0.310 e. The number of methoxy groups -OCH3 is 1. The summed E-state index contributed by atoms with van der Waals surface area (Å²) in [4.78, 5) is 11.8. The smallest absolute Gasteiger partial charge is 0.310 e. The van der Waals surface area contributed by atoms with Crippen LogP contribution in [0.5, 0.6) is 11.5 Å². The minimum absolute atomic E-state index is 0.00286. The van der Waals surface area contributed by atoms with E-state index in [0.29, 0.717) is 11.5 Å². The van der Waals surface area contributed by atoms with Crippen LogP contribution in [0.15, 0.2) is 53.4 Å². The van der Waals surface area contributed by atoms with Gasteiger partial charge in [0.05, 0.1) is 18.4 Å². The Morgan fingerprint density at radius 2 is 1.72 bits per heavy atom. The summed E-state index contributed by atoms with van der Waals surface area (Å²) in [5, 5.41) is 5.01. The average Bonchev–Trinajstić information content (AvgIpc) is 2.59. The molecule has 134 valence electrons. The number of ether oxygens (including phenoxy) is 3. The highest BCUT2D eigenvalue weighted by molar-refractivity contribution is 7.89. The van der Waals surface area contributed by atoms with Gasteiger partial charge < -0.3 is 14.2 Å². The van der Waals surface area contributed by atoms with E-state index in [2.05, 4.69) is 0 Å². The molecule has 0 aliphatic heterocycles. The van der Waals surface area contributed by atoms with Crippen molar-refractivity contribution in [1.82, 2.24) is 0 Å². The van der Waals surface area contributed by atoms with Crippen LogP contribution in [0.3, 0.4) is 0 Å². The molecule has 2 N–H and O–H groups in total. The topological polar surface area (TPSA) is 105 Å². The second kappa shape index (κ2) is 8.50. The molecule has 7 nitrogen and oxygen atoms in total. The Kier molecular flexibility index (Phi) is 6.37. The van der Waals surface area contributed by atoms with Gasteiger partial charge in [-0.3, -0.25) is 4.79 Å².